The van der Waals surface area contributed by atoms with E-state index in [9.17, 15) is 0 Å². The van der Waals surface area contributed by atoms with Crippen LogP contribution in [0.15, 0.2) is 70.9 Å². The summed E-state index contributed by atoms with van der Waals surface area (Å²) in [5.41, 5.74) is 6.17. The van der Waals surface area contributed by atoms with Crippen LogP contribution in [0.4, 0.5) is 0 Å². The fourth-order valence-electron chi connectivity index (χ4n) is 3.62. The Labute approximate surface area is 110 Å². The topological polar surface area (TPSA) is 0 Å². The van der Waals surface area contributed by atoms with E-state index in [-0.39, 0.29) is 0 Å². The first-order chi connectivity index (χ1) is 8.70. The zero-order chi connectivity index (χ0) is 12.7. The highest BCUT2D eigenvalue weighted by atomic mass is 14.4. The molecule has 0 amide bonds. The molecule has 0 aliphatic heterocycles. The molecule has 1 atom stereocenters. The van der Waals surface area contributed by atoms with E-state index in [0.29, 0.717) is 17.8 Å². The summed E-state index contributed by atoms with van der Waals surface area (Å²) in [6, 6.07) is 0. The molecule has 0 radical (unpaired) electrons. The molecule has 92 valence electrons. The van der Waals surface area contributed by atoms with Gasteiger partial charge in [-0.1, -0.05) is 59.8 Å². The lowest BCUT2D eigenvalue weighted by Crippen LogP contribution is -2.10. The molecule has 18 heavy (non-hydrogen) atoms. The first kappa shape index (κ1) is 11.5. The van der Waals surface area contributed by atoms with E-state index in [0.717, 1.165) is 0 Å². The van der Waals surface area contributed by atoms with Crippen LogP contribution in [0.3, 0.4) is 0 Å². The molecule has 3 rings (SSSR count). The quantitative estimate of drug-likeness (QED) is 0.649. The van der Waals surface area contributed by atoms with Crippen molar-refractivity contribution in [3.05, 3.63) is 70.9 Å². The van der Waals surface area contributed by atoms with E-state index in [4.69, 9.17) is 0 Å². The van der Waals surface area contributed by atoms with Crippen molar-refractivity contribution in [2.45, 2.75) is 20.8 Å². The minimum atomic E-state index is 0.499. The summed E-state index contributed by atoms with van der Waals surface area (Å²) < 4.78 is 0. The highest BCUT2D eigenvalue weighted by molar-refractivity contribution is 5.54. The fourth-order valence-corrected chi connectivity index (χ4v) is 3.62. The molecule has 0 nitrogen and oxygen atoms in total. The number of hydrogen-bond donors (Lipinski definition) is 0. The highest BCUT2D eigenvalue weighted by Gasteiger charge is 2.33. The van der Waals surface area contributed by atoms with Gasteiger partial charge in [0, 0.05) is 17.8 Å². The van der Waals surface area contributed by atoms with Gasteiger partial charge < -0.3 is 0 Å². The Morgan fingerprint density at radius 1 is 0.722 bits per heavy atom. The third kappa shape index (κ3) is 1.59. The van der Waals surface area contributed by atoms with E-state index < -0.39 is 0 Å². The van der Waals surface area contributed by atoms with Crippen LogP contribution in [0, 0.1) is 17.8 Å². The first-order valence-corrected chi connectivity index (χ1v) is 6.78. The van der Waals surface area contributed by atoms with Crippen LogP contribution in [0.5, 0.6) is 0 Å². The van der Waals surface area contributed by atoms with Crippen molar-refractivity contribution in [1.29, 1.82) is 0 Å². The Morgan fingerprint density at radius 2 is 1.28 bits per heavy atom. The average Bonchev–Trinajstić information content (AvgIpc) is 3.03. The highest BCUT2D eigenvalue weighted by Crippen LogP contribution is 2.46. The SMILES string of the molecule is CC1=C(C)C(C2C=CC=C2)C(C)=C1C1C=CC=C1. The van der Waals surface area contributed by atoms with Crippen molar-refractivity contribution in [2.24, 2.45) is 17.8 Å². The monoisotopic (exact) mass is 236 g/mol. The molecule has 1 unspecified atom stereocenters. The second-order valence-electron chi connectivity index (χ2n) is 5.53. The lowest BCUT2D eigenvalue weighted by Gasteiger charge is -2.20. The van der Waals surface area contributed by atoms with Gasteiger partial charge in [-0.05, 0) is 31.9 Å². The van der Waals surface area contributed by atoms with Crippen LogP contribution >= 0.6 is 0 Å². The predicted molar refractivity (Wildman–Crippen MR) is 78.1 cm³/mol. The van der Waals surface area contributed by atoms with Crippen molar-refractivity contribution in [3.63, 3.8) is 0 Å². The molecule has 3 aliphatic rings. The summed E-state index contributed by atoms with van der Waals surface area (Å²) in [5, 5.41) is 0. The minimum absolute atomic E-state index is 0.499. The van der Waals surface area contributed by atoms with Crippen LogP contribution in [-0.2, 0) is 0 Å². The summed E-state index contributed by atoms with van der Waals surface area (Å²) in [5.74, 6) is 1.64. The lowest BCUT2D eigenvalue weighted by atomic mass is 9.84. The normalized spacial score (nSPS) is 27.6. The van der Waals surface area contributed by atoms with Gasteiger partial charge in [-0.25, -0.2) is 0 Å². The summed E-state index contributed by atoms with van der Waals surface area (Å²) >= 11 is 0. The molecule has 0 spiro atoms. The molecular formula is C18H20. The van der Waals surface area contributed by atoms with Crippen LogP contribution in [0.25, 0.3) is 0 Å². The van der Waals surface area contributed by atoms with Crippen LogP contribution < -0.4 is 0 Å². The van der Waals surface area contributed by atoms with E-state index >= 15 is 0 Å². The van der Waals surface area contributed by atoms with Gasteiger partial charge in [0.15, 0.2) is 0 Å². The van der Waals surface area contributed by atoms with E-state index in [1.54, 1.807) is 16.7 Å². The summed E-state index contributed by atoms with van der Waals surface area (Å²) in [6.07, 6.45) is 17.9. The molecular weight excluding hydrogens is 216 g/mol. The molecule has 0 saturated carbocycles. The lowest BCUT2D eigenvalue weighted by molar-refractivity contribution is 0.616. The summed E-state index contributed by atoms with van der Waals surface area (Å²) in [6.45, 7) is 6.91. The second-order valence-corrected chi connectivity index (χ2v) is 5.53. The molecule has 0 heterocycles. The van der Waals surface area contributed by atoms with E-state index in [1.807, 2.05) is 0 Å². The van der Waals surface area contributed by atoms with Crippen LogP contribution in [-0.4, -0.2) is 0 Å². The zero-order valence-corrected chi connectivity index (χ0v) is 11.4. The Kier molecular flexibility index (Phi) is 2.74. The molecule has 0 N–H and O–H groups in total. The van der Waals surface area contributed by atoms with E-state index in [2.05, 4.69) is 69.4 Å². The first-order valence-electron chi connectivity index (χ1n) is 6.78. The van der Waals surface area contributed by atoms with Gasteiger partial charge in [0.25, 0.3) is 0 Å². The van der Waals surface area contributed by atoms with Gasteiger partial charge in [0.05, 0.1) is 0 Å². The summed E-state index contributed by atoms with van der Waals surface area (Å²) in [7, 11) is 0. The average molecular weight is 236 g/mol. The maximum Gasteiger partial charge on any atom is 0.0207 e. The number of rotatable bonds is 2. The van der Waals surface area contributed by atoms with Crippen molar-refractivity contribution in [2.75, 3.05) is 0 Å². The van der Waals surface area contributed by atoms with Gasteiger partial charge in [0.1, 0.15) is 0 Å². The van der Waals surface area contributed by atoms with Crippen molar-refractivity contribution >= 4 is 0 Å². The zero-order valence-electron chi connectivity index (χ0n) is 11.4. The Balaban J connectivity index is 2.02. The Morgan fingerprint density at radius 3 is 1.89 bits per heavy atom. The molecule has 0 fully saturated rings. The van der Waals surface area contributed by atoms with Gasteiger partial charge in [-0.15, -0.1) is 0 Å². The third-order valence-electron chi connectivity index (χ3n) is 4.60. The molecule has 0 aromatic carbocycles. The Hall–Kier alpha value is -1.56. The van der Waals surface area contributed by atoms with Crippen molar-refractivity contribution < 1.29 is 0 Å². The van der Waals surface area contributed by atoms with Crippen molar-refractivity contribution in [1.82, 2.24) is 0 Å². The molecule has 0 aromatic rings. The number of allylic oxidation sites excluding steroid dienone is 12. The maximum absolute atomic E-state index is 2.33. The molecule has 0 aromatic heterocycles. The fraction of sp³-hybridized carbons (Fsp3) is 0.333. The van der Waals surface area contributed by atoms with Crippen LogP contribution in [0.2, 0.25) is 0 Å². The second kappa shape index (κ2) is 4.28. The molecule has 0 bridgehead atoms. The molecule has 0 saturated heterocycles. The maximum atomic E-state index is 2.33. The molecule has 3 aliphatic carbocycles. The smallest absolute Gasteiger partial charge is 0.0207 e. The van der Waals surface area contributed by atoms with Gasteiger partial charge in [-0.3, -0.25) is 0 Å². The van der Waals surface area contributed by atoms with Gasteiger partial charge in [0.2, 0.25) is 0 Å². The standard InChI is InChI=1S/C18H20/c1-12-13(2)18(16-10-6-7-11-16)14(3)17(12)15-8-4-5-9-15/h4-11,15-17H,1-3H3. The minimum Gasteiger partial charge on any atom is -0.0767 e. The number of hydrogen-bond acceptors (Lipinski definition) is 0. The van der Waals surface area contributed by atoms with Crippen molar-refractivity contribution in [3.8, 4) is 0 Å². The van der Waals surface area contributed by atoms with Gasteiger partial charge in [-0.2, -0.15) is 0 Å². The van der Waals surface area contributed by atoms with Crippen LogP contribution in [0.1, 0.15) is 20.8 Å². The van der Waals surface area contributed by atoms with Gasteiger partial charge >= 0.3 is 0 Å². The predicted octanol–water partition coefficient (Wildman–Crippen LogP) is 4.75. The largest absolute Gasteiger partial charge is 0.0767 e. The Bertz CT molecular complexity index is 523. The third-order valence-corrected chi connectivity index (χ3v) is 4.60. The molecule has 0 heteroatoms. The summed E-state index contributed by atoms with van der Waals surface area (Å²) in [4.78, 5) is 0. The van der Waals surface area contributed by atoms with E-state index in [1.165, 1.54) is 5.57 Å².